The van der Waals surface area contributed by atoms with Crippen molar-refractivity contribution in [2.24, 2.45) is 0 Å². The Morgan fingerprint density at radius 2 is 1.82 bits per heavy atom. The van der Waals surface area contributed by atoms with Gasteiger partial charge in [0.25, 0.3) is 5.91 Å². The number of aromatic nitrogens is 1. The molecule has 1 aromatic heterocycles. The fourth-order valence-corrected chi connectivity index (χ4v) is 2.08. The molecule has 0 unspecified atom stereocenters. The maximum Gasteiger partial charge on any atom is 0.253 e. The number of ether oxygens (including phenoxy) is 1. The van der Waals surface area contributed by atoms with E-state index in [1.165, 1.54) is 5.56 Å². The Hall–Kier alpha value is -2.36. The number of carbonyl (C=O) groups is 1. The number of benzene rings is 1. The molecular weight excluding hydrogens is 276 g/mol. The smallest absolute Gasteiger partial charge is 0.253 e. The fourth-order valence-electron chi connectivity index (χ4n) is 2.08. The van der Waals surface area contributed by atoms with Gasteiger partial charge < -0.3 is 9.64 Å². The van der Waals surface area contributed by atoms with Crippen LogP contribution in [0.4, 0.5) is 0 Å². The average Bonchev–Trinajstić information content (AvgIpc) is 2.58. The summed E-state index contributed by atoms with van der Waals surface area (Å²) in [5, 5.41) is 0. The maximum atomic E-state index is 12.4. The molecule has 1 amide bonds. The third kappa shape index (κ3) is 4.58. The van der Waals surface area contributed by atoms with E-state index >= 15 is 0 Å². The number of hydrogen-bond acceptors (Lipinski definition) is 3. The molecule has 0 radical (unpaired) electrons. The van der Waals surface area contributed by atoms with Gasteiger partial charge in [0.05, 0.1) is 6.61 Å². The van der Waals surface area contributed by atoms with E-state index in [4.69, 9.17) is 4.74 Å². The van der Waals surface area contributed by atoms with Gasteiger partial charge >= 0.3 is 0 Å². The summed E-state index contributed by atoms with van der Waals surface area (Å²) in [6, 6.07) is 11.3. The SMILES string of the molecule is CCCOc1ccc(C(=O)N(C)CCc2ccncc2)cc1. The third-order valence-corrected chi connectivity index (χ3v) is 3.41. The first-order valence-electron chi connectivity index (χ1n) is 7.58. The number of rotatable bonds is 7. The van der Waals surface area contributed by atoms with Crippen molar-refractivity contribution >= 4 is 5.91 Å². The third-order valence-electron chi connectivity index (χ3n) is 3.41. The molecule has 4 heteroatoms. The number of hydrogen-bond donors (Lipinski definition) is 0. The topological polar surface area (TPSA) is 42.4 Å². The fraction of sp³-hybridized carbons (Fsp3) is 0.333. The molecule has 22 heavy (non-hydrogen) atoms. The standard InChI is InChI=1S/C18H22N2O2/c1-3-14-22-17-6-4-16(5-7-17)18(21)20(2)13-10-15-8-11-19-12-9-15/h4-9,11-12H,3,10,13-14H2,1-2H3. The predicted octanol–water partition coefficient (Wildman–Crippen LogP) is 3.19. The molecule has 0 N–H and O–H groups in total. The van der Waals surface area contributed by atoms with Crippen LogP contribution in [0.3, 0.4) is 0 Å². The highest BCUT2D eigenvalue weighted by atomic mass is 16.5. The maximum absolute atomic E-state index is 12.4. The molecule has 4 nitrogen and oxygen atoms in total. The van der Waals surface area contributed by atoms with Gasteiger partial charge in [-0.05, 0) is 54.8 Å². The molecular formula is C18H22N2O2. The first-order valence-corrected chi connectivity index (χ1v) is 7.58. The first kappa shape index (κ1) is 16.0. The summed E-state index contributed by atoms with van der Waals surface area (Å²) in [6.07, 6.45) is 5.33. The average molecular weight is 298 g/mol. The zero-order valence-corrected chi connectivity index (χ0v) is 13.2. The van der Waals surface area contributed by atoms with Gasteiger partial charge in [-0.1, -0.05) is 6.92 Å². The molecule has 0 atom stereocenters. The van der Waals surface area contributed by atoms with Crippen LogP contribution < -0.4 is 4.74 Å². The van der Waals surface area contributed by atoms with Crippen molar-refractivity contribution in [3.8, 4) is 5.75 Å². The summed E-state index contributed by atoms with van der Waals surface area (Å²) in [6.45, 7) is 3.44. The Morgan fingerprint density at radius 1 is 1.14 bits per heavy atom. The molecule has 0 bridgehead atoms. The normalized spacial score (nSPS) is 10.3. The van der Waals surface area contributed by atoms with Crippen LogP contribution in [-0.4, -0.2) is 36.0 Å². The van der Waals surface area contributed by atoms with E-state index in [1.54, 1.807) is 17.3 Å². The zero-order valence-electron chi connectivity index (χ0n) is 13.2. The van der Waals surface area contributed by atoms with Crippen LogP contribution in [0.15, 0.2) is 48.8 Å². The van der Waals surface area contributed by atoms with E-state index < -0.39 is 0 Å². The van der Waals surface area contributed by atoms with Gasteiger partial charge in [-0.3, -0.25) is 9.78 Å². The highest BCUT2D eigenvalue weighted by Gasteiger charge is 2.11. The van der Waals surface area contributed by atoms with Gasteiger partial charge in [0.1, 0.15) is 5.75 Å². The van der Waals surface area contributed by atoms with Gasteiger partial charge in [0, 0.05) is 31.5 Å². The first-order chi connectivity index (χ1) is 10.7. The number of pyridine rings is 1. The summed E-state index contributed by atoms with van der Waals surface area (Å²) in [4.78, 5) is 18.1. The van der Waals surface area contributed by atoms with E-state index in [-0.39, 0.29) is 5.91 Å². The molecule has 0 saturated carbocycles. The van der Waals surface area contributed by atoms with Crippen molar-refractivity contribution in [3.63, 3.8) is 0 Å². The molecule has 0 aliphatic heterocycles. The highest BCUT2D eigenvalue weighted by molar-refractivity contribution is 5.94. The number of nitrogens with zero attached hydrogens (tertiary/aromatic N) is 2. The van der Waals surface area contributed by atoms with Crippen molar-refractivity contribution < 1.29 is 9.53 Å². The Morgan fingerprint density at radius 3 is 2.45 bits per heavy atom. The van der Waals surface area contributed by atoms with Gasteiger partial charge in [-0.15, -0.1) is 0 Å². The van der Waals surface area contributed by atoms with Crippen LogP contribution in [0, 0.1) is 0 Å². The second-order valence-electron chi connectivity index (χ2n) is 5.21. The lowest BCUT2D eigenvalue weighted by Gasteiger charge is -2.17. The summed E-state index contributed by atoms with van der Waals surface area (Å²) in [7, 11) is 1.82. The second kappa shape index (κ2) is 8.17. The van der Waals surface area contributed by atoms with Crippen LogP contribution in [0.1, 0.15) is 29.3 Å². The van der Waals surface area contributed by atoms with Gasteiger partial charge in [0.2, 0.25) is 0 Å². The molecule has 116 valence electrons. The lowest BCUT2D eigenvalue weighted by Crippen LogP contribution is -2.28. The van der Waals surface area contributed by atoms with Crippen molar-refractivity contribution in [3.05, 3.63) is 59.9 Å². The minimum atomic E-state index is 0.0242. The lowest BCUT2D eigenvalue weighted by atomic mass is 10.1. The van der Waals surface area contributed by atoms with Gasteiger partial charge in [-0.25, -0.2) is 0 Å². The van der Waals surface area contributed by atoms with E-state index in [0.717, 1.165) is 18.6 Å². The van der Waals surface area contributed by atoms with E-state index in [9.17, 15) is 4.79 Å². The summed E-state index contributed by atoms with van der Waals surface area (Å²) in [5.41, 5.74) is 1.86. The highest BCUT2D eigenvalue weighted by Crippen LogP contribution is 2.14. The summed E-state index contributed by atoms with van der Waals surface area (Å²) >= 11 is 0. The minimum absolute atomic E-state index is 0.0242. The minimum Gasteiger partial charge on any atom is -0.494 e. The predicted molar refractivity (Wildman–Crippen MR) is 87.1 cm³/mol. The molecule has 0 fully saturated rings. The molecule has 0 aliphatic rings. The largest absolute Gasteiger partial charge is 0.494 e. The zero-order chi connectivity index (χ0) is 15.8. The Labute approximate surface area is 131 Å². The van der Waals surface area contributed by atoms with Crippen LogP contribution >= 0.6 is 0 Å². The van der Waals surface area contributed by atoms with Crippen molar-refractivity contribution in [1.82, 2.24) is 9.88 Å². The molecule has 0 spiro atoms. The van der Waals surface area contributed by atoms with Crippen LogP contribution in [-0.2, 0) is 6.42 Å². The Balaban J connectivity index is 1.89. The van der Waals surface area contributed by atoms with Crippen molar-refractivity contribution in [2.75, 3.05) is 20.2 Å². The summed E-state index contributed by atoms with van der Waals surface area (Å²) in [5.74, 6) is 0.828. The molecule has 1 heterocycles. The summed E-state index contributed by atoms with van der Waals surface area (Å²) < 4.78 is 5.52. The van der Waals surface area contributed by atoms with Gasteiger partial charge in [-0.2, -0.15) is 0 Å². The van der Waals surface area contributed by atoms with E-state index in [0.29, 0.717) is 18.7 Å². The Bertz CT molecular complexity index is 582. The number of amides is 1. The molecule has 0 aliphatic carbocycles. The monoisotopic (exact) mass is 298 g/mol. The number of likely N-dealkylation sites (N-methyl/N-ethyl adjacent to an activating group) is 1. The quantitative estimate of drug-likeness (QED) is 0.788. The van der Waals surface area contributed by atoms with Crippen LogP contribution in [0.2, 0.25) is 0 Å². The van der Waals surface area contributed by atoms with Crippen molar-refractivity contribution in [1.29, 1.82) is 0 Å². The van der Waals surface area contributed by atoms with Gasteiger partial charge in [0.15, 0.2) is 0 Å². The lowest BCUT2D eigenvalue weighted by molar-refractivity contribution is 0.0796. The molecule has 2 aromatic rings. The van der Waals surface area contributed by atoms with E-state index in [1.807, 2.05) is 43.4 Å². The Kier molecular flexibility index (Phi) is 5.95. The van der Waals surface area contributed by atoms with E-state index in [2.05, 4.69) is 11.9 Å². The van der Waals surface area contributed by atoms with Crippen LogP contribution in [0.25, 0.3) is 0 Å². The molecule has 0 saturated heterocycles. The second-order valence-corrected chi connectivity index (χ2v) is 5.21. The van der Waals surface area contributed by atoms with Crippen LogP contribution in [0.5, 0.6) is 5.75 Å². The molecule has 1 aromatic carbocycles. The number of carbonyl (C=O) groups excluding carboxylic acids is 1. The van der Waals surface area contributed by atoms with Crippen molar-refractivity contribution in [2.45, 2.75) is 19.8 Å². The molecule has 2 rings (SSSR count).